The van der Waals surface area contributed by atoms with Gasteiger partial charge in [-0.15, -0.1) is 0 Å². The lowest BCUT2D eigenvalue weighted by Crippen LogP contribution is -2.39. The summed E-state index contributed by atoms with van der Waals surface area (Å²) in [5, 5.41) is 4.54. The molecule has 4 heteroatoms. The summed E-state index contributed by atoms with van der Waals surface area (Å²) in [5.74, 6) is 1.11. The highest BCUT2D eigenvalue weighted by molar-refractivity contribution is 8.14. The Bertz CT molecular complexity index is 226. The Morgan fingerprint density at radius 1 is 1.64 bits per heavy atom. The van der Waals surface area contributed by atoms with E-state index in [0.29, 0.717) is 18.2 Å². The molecule has 0 amide bonds. The number of hydrogen-bond donors (Lipinski definition) is 1. The minimum absolute atomic E-state index is 0.384. The second-order valence-electron chi connectivity index (χ2n) is 4.08. The zero-order chi connectivity index (χ0) is 9.97. The number of thioether (sulfide) groups is 1. The molecule has 0 aromatic carbocycles. The minimum atomic E-state index is 0.384. The van der Waals surface area contributed by atoms with E-state index in [4.69, 9.17) is 4.74 Å². The summed E-state index contributed by atoms with van der Waals surface area (Å²) in [5.41, 5.74) is 0. The van der Waals surface area contributed by atoms with Crippen molar-refractivity contribution < 1.29 is 4.74 Å². The molecule has 0 aliphatic carbocycles. The van der Waals surface area contributed by atoms with Gasteiger partial charge in [-0.2, -0.15) is 0 Å². The van der Waals surface area contributed by atoms with Crippen LogP contribution in [0.2, 0.25) is 0 Å². The molecule has 2 rings (SSSR count). The van der Waals surface area contributed by atoms with Crippen LogP contribution in [0.3, 0.4) is 0 Å². The number of rotatable bonds is 2. The summed E-state index contributed by atoms with van der Waals surface area (Å²) < 4.78 is 5.63. The first-order valence-electron chi connectivity index (χ1n) is 5.34. The second kappa shape index (κ2) is 4.53. The van der Waals surface area contributed by atoms with Crippen molar-refractivity contribution in [2.75, 3.05) is 12.4 Å². The molecule has 0 bridgehead atoms. The van der Waals surface area contributed by atoms with Crippen LogP contribution in [0.5, 0.6) is 0 Å². The number of ether oxygens (including phenoxy) is 1. The van der Waals surface area contributed by atoms with E-state index in [1.807, 2.05) is 11.8 Å². The highest BCUT2D eigenvalue weighted by Crippen LogP contribution is 2.19. The fourth-order valence-corrected chi connectivity index (χ4v) is 2.84. The van der Waals surface area contributed by atoms with Crippen LogP contribution >= 0.6 is 11.8 Å². The number of aliphatic imine (C=N–C) groups is 1. The molecule has 0 spiro atoms. The second-order valence-corrected chi connectivity index (χ2v) is 5.09. The van der Waals surface area contributed by atoms with Gasteiger partial charge in [0, 0.05) is 12.4 Å². The maximum Gasteiger partial charge on any atom is 0.157 e. The van der Waals surface area contributed by atoms with Gasteiger partial charge in [-0.1, -0.05) is 11.8 Å². The van der Waals surface area contributed by atoms with Crippen molar-refractivity contribution in [2.24, 2.45) is 4.99 Å². The molecule has 2 aliphatic rings. The quantitative estimate of drug-likeness (QED) is 0.758. The van der Waals surface area contributed by atoms with E-state index in [2.05, 4.69) is 24.2 Å². The molecule has 1 N–H and O–H groups in total. The Balaban J connectivity index is 1.81. The Hall–Kier alpha value is -0.220. The molecule has 0 radical (unpaired) electrons. The normalized spacial score (nSPS) is 34.3. The van der Waals surface area contributed by atoms with Crippen molar-refractivity contribution >= 4 is 16.9 Å². The van der Waals surface area contributed by atoms with Crippen LogP contribution in [0.1, 0.15) is 26.7 Å². The molecule has 2 aliphatic heterocycles. The maximum absolute atomic E-state index is 5.63. The lowest BCUT2D eigenvalue weighted by Gasteiger charge is -2.20. The molecular weight excluding hydrogens is 196 g/mol. The summed E-state index contributed by atoms with van der Waals surface area (Å²) in [6.07, 6.45) is 2.77. The van der Waals surface area contributed by atoms with E-state index in [1.165, 1.54) is 12.8 Å². The van der Waals surface area contributed by atoms with Crippen LogP contribution in [0, 0.1) is 0 Å². The maximum atomic E-state index is 5.63. The van der Waals surface area contributed by atoms with Gasteiger partial charge in [0.25, 0.3) is 0 Å². The molecule has 3 nitrogen and oxygen atoms in total. The van der Waals surface area contributed by atoms with E-state index in [0.717, 1.165) is 17.5 Å². The van der Waals surface area contributed by atoms with Crippen LogP contribution in [-0.2, 0) is 4.74 Å². The first kappa shape index (κ1) is 10.3. The van der Waals surface area contributed by atoms with Gasteiger partial charge in [-0.3, -0.25) is 4.99 Å². The Kier molecular flexibility index (Phi) is 3.34. The zero-order valence-electron chi connectivity index (χ0n) is 8.82. The van der Waals surface area contributed by atoms with Crippen LogP contribution in [0.4, 0.5) is 0 Å². The molecule has 80 valence electrons. The number of nitrogens with zero attached hydrogens (tertiary/aromatic N) is 1. The third-order valence-corrected chi connectivity index (χ3v) is 3.82. The Labute approximate surface area is 89.7 Å². The predicted molar refractivity (Wildman–Crippen MR) is 60.9 cm³/mol. The monoisotopic (exact) mass is 214 g/mol. The smallest absolute Gasteiger partial charge is 0.157 e. The van der Waals surface area contributed by atoms with Crippen molar-refractivity contribution in [2.45, 2.75) is 44.9 Å². The van der Waals surface area contributed by atoms with Gasteiger partial charge in [-0.25, -0.2) is 0 Å². The first-order valence-corrected chi connectivity index (χ1v) is 6.33. The van der Waals surface area contributed by atoms with Gasteiger partial charge in [-0.05, 0) is 26.7 Å². The zero-order valence-corrected chi connectivity index (χ0v) is 9.64. The molecule has 1 saturated heterocycles. The third-order valence-electron chi connectivity index (χ3n) is 2.67. The molecule has 0 saturated carbocycles. The van der Waals surface area contributed by atoms with Crippen molar-refractivity contribution in [3.8, 4) is 0 Å². The largest absolute Gasteiger partial charge is 0.376 e. The fourth-order valence-electron chi connectivity index (χ4n) is 1.84. The summed E-state index contributed by atoms with van der Waals surface area (Å²) >= 11 is 1.82. The molecule has 14 heavy (non-hydrogen) atoms. The Morgan fingerprint density at radius 3 is 3.07 bits per heavy atom. The van der Waals surface area contributed by atoms with E-state index in [9.17, 15) is 0 Å². The third kappa shape index (κ3) is 2.42. The van der Waals surface area contributed by atoms with Crippen molar-refractivity contribution in [3.05, 3.63) is 0 Å². The van der Waals surface area contributed by atoms with Gasteiger partial charge >= 0.3 is 0 Å². The van der Waals surface area contributed by atoms with Crippen molar-refractivity contribution in [1.29, 1.82) is 0 Å². The predicted octanol–water partition coefficient (Wildman–Crippen LogP) is 1.63. The van der Waals surface area contributed by atoms with Gasteiger partial charge in [0.1, 0.15) is 0 Å². The SMILES string of the molecule is CC1CSC(NC(C)C2CCCO2)=N1. The van der Waals surface area contributed by atoms with Gasteiger partial charge in [0.05, 0.1) is 18.2 Å². The van der Waals surface area contributed by atoms with Crippen molar-refractivity contribution in [3.63, 3.8) is 0 Å². The molecular formula is C10H18N2OS. The summed E-state index contributed by atoms with van der Waals surface area (Å²) in [6.45, 7) is 5.26. The summed E-state index contributed by atoms with van der Waals surface area (Å²) in [6, 6.07) is 0.869. The van der Waals surface area contributed by atoms with E-state index >= 15 is 0 Å². The van der Waals surface area contributed by atoms with Gasteiger partial charge in [0.15, 0.2) is 5.17 Å². The van der Waals surface area contributed by atoms with Crippen LogP contribution in [0.15, 0.2) is 4.99 Å². The number of nitrogens with one attached hydrogen (secondary N) is 1. The highest BCUT2D eigenvalue weighted by atomic mass is 32.2. The standard InChI is InChI=1S/C10H18N2OS/c1-7-6-14-10(11-7)12-8(2)9-4-3-5-13-9/h7-9H,3-6H2,1-2H3,(H,11,12). The fraction of sp³-hybridized carbons (Fsp3) is 0.900. The molecule has 3 unspecified atom stereocenters. The topological polar surface area (TPSA) is 33.6 Å². The molecule has 1 fully saturated rings. The lowest BCUT2D eigenvalue weighted by molar-refractivity contribution is 0.0896. The van der Waals surface area contributed by atoms with Crippen LogP contribution in [-0.4, -0.2) is 35.7 Å². The number of amidine groups is 1. The van der Waals surface area contributed by atoms with E-state index < -0.39 is 0 Å². The molecule has 0 aromatic rings. The van der Waals surface area contributed by atoms with Crippen LogP contribution in [0.25, 0.3) is 0 Å². The summed E-state index contributed by atoms with van der Waals surface area (Å²) in [7, 11) is 0. The summed E-state index contributed by atoms with van der Waals surface area (Å²) in [4.78, 5) is 4.51. The van der Waals surface area contributed by atoms with E-state index in [-0.39, 0.29) is 0 Å². The first-order chi connectivity index (χ1) is 6.75. The van der Waals surface area contributed by atoms with Crippen LogP contribution < -0.4 is 5.32 Å². The molecule has 2 heterocycles. The Morgan fingerprint density at radius 2 is 2.50 bits per heavy atom. The highest BCUT2D eigenvalue weighted by Gasteiger charge is 2.24. The molecule has 3 atom stereocenters. The van der Waals surface area contributed by atoms with E-state index in [1.54, 1.807) is 0 Å². The molecule has 0 aromatic heterocycles. The average molecular weight is 214 g/mol. The minimum Gasteiger partial charge on any atom is -0.376 e. The average Bonchev–Trinajstić information content (AvgIpc) is 2.75. The van der Waals surface area contributed by atoms with Gasteiger partial charge in [0.2, 0.25) is 0 Å². The van der Waals surface area contributed by atoms with Crippen molar-refractivity contribution in [1.82, 2.24) is 5.32 Å². The number of hydrogen-bond acceptors (Lipinski definition) is 4. The lowest BCUT2D eigenvalue weighted by atomic mass is 10.1. The van der Waals surface area contributed by atoms with Gasteiger partial charge < -0.3 is 10.1 Å².